The number of hydrogen-bond donors (Lipinski definition) is 0. The number of pyridine rings is 1. The molecule has 0 aliphatic carbocycles. The van der Waals surface area contributed by atoms with Crippen LogP contribution < -0.4 is 5.43 Å². The number of ether oxygens (including phenoxy) is 1. The maximum Gasteiger partial charge on any atom is 0.340 e. The molecule has 0 atom stereocenters. The van der Waals surface area contributed by atoms with Gasteiger partial charge >= 0.3 is 5.97 Å². The molecule has 0 radical (unpaired) electrons. The first-order valence-electron chi connectivity index (χ1n) is 8.13. The van der Waals surface area contributed by atoms with Crippen molar-refractivity contribution in [1.82, 2.24) is 4.98 Å². The smallest absolute Gasteiger partial charge is 0.340 e. The normalized spacial score (nSPS) is 11.2. The molecule has 0 N–H and O–H groups in total. The Balaban J connectivity index is 2.17. The summed E-state index contributed by atoms with van der Waals surface area (Å²) in [5, 5.41) is 1.08. The lowest BCUT2D eigenvalue weighted by Gasteiger charge is -2.08. The van der Waals surface area contributed by atoms with Crippen LogP contribution in [-0.2, 0) is 4.74 Å². The van der Waals surface area contributed by atoms with Crippen LogP contribution in [0.4, 0.5) is 0 Å². The molecule has 5 nitrogen and oxygen atoms in total. The van der Waals surface area contributed by atoms with Gasteiger partial charge in [0.1, 0.15) is 5.58 Å². The summed E-state index contributed by atoms with van der Waals surface area (Å²) in [5.74, 6) is -0.484. The van der Waals surface area contributed by atoms with Gasteiger partial charge in [0, 0.05) is 5.02 Å². The van der Waals surface area contributed by atoms with Crippen molar-refractivity contribution in [3.8, 4) is 0 Å². The average Bonchev–Trinajstić information content (AvgIpc) is 2.57. The number of halogens is 1. The molecule has 0 saturated heterocycles. The number of unbranched alkanes of at least 4 members (excludes halogenated alkanes) is 1. The monoisotopic (exact) mass is 359 g/mol. The molecule has 0 spiro atoms. The molecule has 0 aliphatic rings. The zero-order valence-corrected chi connectivity index (χ0v) is 15.1. The van der Waals surface area contributed by atoms with Gasteiger partial charge in [-0.3, -0.25) is 4.79 Å². The minimum absolute atomic E-state index is 0.196. The number of nitrogens with zero attached hydrogens (tertiary/aromatic N) is 1. The van der Waals surface area contributed by atoms with Gasteiger partial charge in [-0.05, 0) is 44.0 Å². The Morgan fingerprint density at radius 1 is 1.24 bits per heavy atom. The van der Waals surface area contributed by atoms with Crippen molar-refractivity contribution in [2.45, 2.75) is 33.6 Å². The second-order valence-corrected chi connectivity index (χ2v) is 6.40. The SMILES string of the molecule is CCCCOC(=O)c1cc2c(=O)c3cc(Cl)c(C)cc3oc2nc1C. The van der Waals surface area contributed by atoms with Crippen LogP contribution in [-0.4, -0.2) is 17.6 Å². The fourth-order valence-corrected chi connectivity index (χ4v) is 2.75. The van der Waals surface area contributed by atoms with E-state index in [9.17, 15) is 9.59 Å². The lowest BCUT2D eigenvalue weighted by Crippen LogP contribution is -2.12. The van der Waals surface area contributed by atoms with Crippen molar-refractivity contribution in [1.29, 1.82) is 0 Å². The predicted octanol–water partition coefficient (Wildman–Crippen LogP) is 4.57. The first-order valence-corrected chi connectivity index (χ1v) is 8.51. The first-order chi connectivity index (χ1) is 11.9. The van der Waals surface area contributed by atoms with E-state index in [1.54, 1.807) is 19.1 Å². The Morgan fingerprint density at radius 2 is 2.00 bits per heavy atom. The molecule has 130 valence electrons. The van der Waals surface area contributed by atoms with E-state index in [1.807, 2.05) is 13.8 Å². The molecule has 0 bridgehead atoms. The molecule has 0 saturated carbocycles. The zero-order chi connectivity index (χ0) is 18.1. The van der Waals surface area contributed by atoms with Crippen LogP contribution >= 0.6 is 11.6 Å². The summed E-state index contributed by atoms with van der Waals surface area (Å²) >= 11 is 6.12. The fraction of sp³-hybridized carbons (Fsp3) is 0.316. The van der Waals surface area contributed by atoms with Crippen LogP contribution in [0.25, 0.3) is 22.1 Å². The largest absolute Gasteiger partial charge is 0.462 e. The summed E-state index contributed by atoms with van der Waals surface area (Å²) in [7, 11) is 0. The molecule has 2 heterocycles. The molecular weight excluding hydrogens is 342 g/mol. The van der Waals surface area contributed by atoms with E-state index in [1.165, 1.54) is 6.07 Å². The molecule has 2 aromatic heterocycles. The Bertz CT molecular complexity index is 1040. The maximum absolute atomic E-state index is 12.8. The highest BCUT2D eigenvalue weighted by Gasteiger charge is 2.17. The number of fused-ring (bicyclic) bond motifs is 2. The number of carbonyl (C=O) groups is 1. The van der Waals surface area contributed by atoms with Gasteiger partial charge in [-0.2, -0.15) is 0 Å². The zero-order valence-electron chi connectivity index (χ0n) is 14.3. The molecule has 6 heteroatoms. The number of hydrogen-bond acceptors (Lipinski definition) is 5. The molecule has 0 unspecified atom stereocenters. The van der Waals surface area contributed by atoms with E-state index in [0.29, 0.717) is 28.3 Å². The number of aryl methyl sites for hydroxylation is 2. The molecule has 0 fully saturated rings. The number of benzene rings is 1. The van der Waals surface area contributed by atoms with Crippen molar-refractivity contribution in [2.24, 2.45) is 0 Å². The number of aromatic nitrogens is 1. The van der Waals surface area contributed by atoms with Crippen LogP contribution in [0.3, 0.4) is 0 Å². The minimum atomic E-state index is -0.484. The van der Waals surface area contributed by atoms with Crippen molar-refractivity contribution in [3.63, 3.8) is 0 Å². The second-order valence-electron chi connectivity index (χ2n) is 5.99. The molecule has 0 amide bonds. The Morgan fingerprint density at radius 3 is 2.72 bits per heavy atom. The summed E-state index contributed by atoms with van der Waals surface area (Å²) in [6.07, 6.45) is 1.72. The minimum Gasteiger partial charge on any atom is -0.462 e. The topological polar surface area (TPSA) is 69.4 Å². The van der Waals surface area contributed by atoms with E-state index < -0.39 is 5.97 Å². The molecule has 25 heavy (non-hydrogen) atoms. The Kier molecular flexibility index (Phi) is 4.77. The standard InChI is InChI=1S/C19H18ClNO4/c1-4-5-6-24-19(23)12-8-14-17(22)13-9-15(20)10(2)7-16(13)25-18(14)21-11(12)3/h7-9H,4-6H2,1-3H3. The van der Waals surface area contributed by atoms with Crippen molar-refractivity contribution in [2.75, 3.05) is 6.61 Å². The average molecular weight is 360 g/mol. The van der Waals surface area contributed by atoms with Crippen LogP contribution in [0.5, 0.6) is 0 Å². The van der Waals surface area contributed by atoms with E-state index in [4.69, 9.17) is 20.8 Å². The summed E-state index contributed by atoms with van der Waals surface area (Å²) < 4.78 is 11.0. The van der Waals surface area contributed by atoms with Gasteiger partial charge in [0.25, 0.3) is 0 Å². The molecule has 3 rings (SSSR count). The van der Waals surface area contributed by atoms with Gasteiger partial charge in [0.15, 0.2) is 0 Å². The van der Waals surface area contributed by atoms with Gasteiger partial charge < -0.3 is 9.15 Å². The van der Waals surface area contributed by atoms with E-state index >= 15 is 0 Å². The number of carbonyl (C=O) groups excluding carboxylic acids is 1. The van der Waals surface area contributed by atoms with Crippen LogP contribution in [0.2, 0.25) is 5.02 Å². The lowest BCUT2D eigenvalue weighted by atomic mass is 10.1. The highest BCUT2D eigenvalue weighted by atomic mass is 35.5. The van der Waals surface area contributed by atoms with Crippen molar-refractivity contribution < 1.29 is 13.9 Å². The highest BCUT2D eigenvalue weighted by Crippen LogP contribution is 2.25. The first kappa shape index (κ1) is 17.4. The predicted molar refractivity (Wildman–Crippen MR) is 97.5 cm³/mol. The molecular formula is C19H18ClNO4. The van der Waals surface area contributed by atoms with E-state index in [0.717, 1.165) is 18.4 Å². The Labute approximate surface area is 149 Å². The third-order valence-electron chi connectivity index (χ3n) is 4.09. The van der Waals surface area contributed by atoms with Gasteiger partial charge in [0.05, 0.1) is 28.6 Å². The number of esters is 1. The third kappa shape index (κ3) is 3.24. The third-order valence-corrected chi connectivity index (χ3v) is 4.49. The summed E-state index contributed by atoms with van der Waals surface area (Å²) in [6, 6.07) is 4.78. The van der Waals surface area contributed by atoms with E-state index in [2.05, 4.69) is 4.98 Å². The van der Waals surface area contributed by atoms with Crippen molar-refractivity contribution in [3.05, 3.63) is 50.3 Å². The van der Waals surface area contributed by atoms with Gasteiger partial charge in [-0.1, -0.05) is 24.9 Å². The van der Waals surface area contributed by atoms with E-state index in [-0.39, 0.29) is 22.1 Å². The highest BCUT2D eigenvalue weighted by molar-refractivity contribution is 6.32. The second kappa shape index (κ2) is 6.84. The maximum atomic E-state index is 12.8. The fourth-order valence-electron chi connectivity index (χ4n) is 2.58. The van der Waals surface area contributed by atoms with Crippen molar-refractivity contribution >= 4 is 39.6 Å². The van der Waals surface area contributed by atoms with Gasteiger partial charge in [-0.15, -0.1) is 0 Å². The quantitative estimate of drug-likeness (QED) is 0.387. The summed E-state index contributed by atoms with van der Waals surface area (Å²) in [5.41, 5.74) is 1.89. The summed E-state index contributed by atoms with van der Waals surface area (Å²) in [6.45, 7) is 5.88. The Hall–Kier alpha value is -2.40. The van der Waals surface area contributed by atoms with Crippen LogP contribution in [0.1, 0.15) is 41.4 Å². The van der Waals surface area contributed by atoms with Gasteiger partial charge in [-0.25, -0.2) is 9.78 Å². The lowest BCUT2D eigenvalue weighted by molar-refractivity contribution is 0.0498. The molecule has 0 aliphatic heterocycles. The van der Waals surface area contributed by atoms with Crippen LogP contribution in [0.15, 0.2) is 27.4 Å². The summed E-state index contributed by atoms with van der Waals surface area (Å²) in [4.78, 5) is 29.3. The van der Waals surface area contributed by atoms with Crippen LogP contribution in [0, 0.1) is 13.8 Å². The molecule has 3 aromatic rings. The van der Waals surface area contributed by atoms with Gasteiger partial charge in [0.2, 0.25) is 11.1 Å². The molecule has 1 aromatic carbocycles. The number of rotatable bonds is 4.